The summed E-state index contributed by atoms with van der Waals surface area (Å²) in [6.07, 6.45) is 0. The molecule has 0 aliphatic carbocycles. The van der Waals surface area contributed by atoms with Crippen LogP contribution in [0, 0.1) is 0 Å². The molecule has 0 amide bonds. The molecule has 7 heteroatoms. The van der Waals surface area contributed by atoms with Gasteiger partial charge in [-0.2, -0.15) is 0 Å². The van der Waals surface area contributed by atoms with Gasteiger partial charge in [0.1, 0.15) is 11.2 Å². The second kappa shape index (κ2) is 13.8. The van der Waals surface area contributed by atoms with Gasteiger partial charge >= 0.3 is 0 Å². The van der Waals surface area contributed by atoms with E-state index in [0.717, 1.165) is 50.4 Å². The molecule has 63 heavy (non-hydrogen) atoms. The Morgan fingerprint density at radius 1 is 0.286 bits per heavy atom. The average Bonchev–Trinajstić information content (AvgIpc) is 4.14. The Balaban J connectivity index is 0.945. The standard InChI is InChI=1S/C56H32N2OS4/c1-2-11-33(12-3-1)57(35-21-25-39-38-13-4-7-17-46(38)59-47(39)30-35)36-23-27-43-53(31-36)63-56-54(43)44-29-34(24-28-50(44)62-56)58(37-22-26-41-40-14-5-8-18-48(40)61-52(41)32-37)45-16-10-20-51-55(45)42-15-6-9-19-49(42)60-51/h1-32H. The smallest absolute Gasteiger partial charge is 0.137 e. The van der Waals surface area contributed by atoms with E-state index in [9.17, 15) is 0 Å². The molecule has 3 nitrogen and oxygen atoms in total. The summed E-state index contributed by atoms with van der Waals surface area (Å²) in [7, 11) is 0. The molecule has 5 heterocycles. The lowest BCUT2D eigenvalue weighted by atomic mass is 10.1. The maximum atomic E-state index is 6.38. The number of rotatable bonds is 6. The normalized spacial score (nSPS) is 12.1. The molecule has 0 unspecified atom stereocenters. The molecule has 0 bridgehead atoms. The van der Waals surface area contributed by atoms with Crippen molar-refractivity contribution in [2.45, 2.75) is 0 Å². The lowest BCUT2D eigenvalue weighted by Crippen LogP contribution is -2.10. The largest absolute Gasteiger partial charge is 0.456 e. The molecule has 0 spiro atoms. The maximum absolute atomic E-state index is 6.38. The molecule has 14 aromatic rings. The minimum atomic E-state index is 0.885. The molecule has 296 valence electrons. The highest BCUT2D eigenvalue weighted by Gasteiger charge is 2.23. The van der Waals surface area contributed by atoms with E-state index in [0.29, 0.717) is 0 Å². The van der Waals surface area contributed by atoms with E-state index < -0.39 is 0 Å². The van der Waals surface area contributed by atoms with Crippen molar-refractivity contribution in [2.24, 2.45) is 0 Å². The van der Waals surface area contributed by atoms with E-state index in [4.69, 9.17) is 4.42 Å². The van der Waals surface area contributed by atoms with Crippen molar-refractivity contribution >= 4 is 171 Å². The molecule has 0 saturated carbocycles. The Hall–Kier alpha value is -7.00. The van der Waals surface area contributed by atoms with E-state index in [1.807, 2.05) is 57.5 Å². The number of anilines is 6. The van der Waals surface area contributed by atoms with Crippen molar-refractivity contribution in [3.63, 3.8) is 0 Å². The summed E-state index contributed by atoms with van der Waals surface area (Å²) in [5.41, 5.74) is 8.56. The molecule has 14 rings (SSSR count). The summed E-state index contributed by atoms with van der Waals surface area (Å²) in [5.74, 6) is 0. The zero-order valence-corrected chi connectivity index (χ0v) is 36.7. The number of hydrogen-bond acceptors (Lipinski definition) is 7. The Kier molecular flexibility index (Phi) is 7.77. The number of furan rings is 1. The summed E-state index contributed by atoms with van der Waals surface area (Å²) >= 11 is 7.53. The maximum Gasteiger partial charge on any atom is 0.137 e. The first-order valence-electron chi connectivity index (χ1n) is 21.0. The summed E-state index contributed by atoms with van der Waals surface area (Å²) < 4.78 is 15.5. The van der Waals surface area contributed by atoms with Gasteiger partial charge in [-0.15, -0.1) is 45.3 Å². The topological polar surface area (TPSA) is 19.6 Å². The van der Waals surface area contributed by atoms with E-state index in [1.54, 1.807) is 0 Å². The number of hydrogen-bond donors (Lipinski definition) is 0. The molecule has 0 aliphatic heterocycles. The van der Waals surface area contributed by atoms with Crippen LogP contribution in [-0.4, -0.2) is 0 Å². The molecule has 0 atom stereocenters. The summed E-state index contributed by atoms with van der Waals surface area (Å²) in [4.78, 5) is 4.84. The van der Waals surface area contributed by atoms with E-state index in [2.05, 4.69) is 192 Å². The van der Waals surface area contributed by atoms with Gasteiger partial charge in [0.15, 0.2) is 0 Å². The zero-order chi connectivity index (χ0) is 41.2. The van der Waals surface area contributed by atoms with Crippen LogP contribution in [0.3, 0.4) is 0 Å². The van der Waals surface area contributed by atoms with Gasteiger partial charge in [-0.25, -0.2) is 0 Å². The Morgan fingerprint density at radius 3 is 1.68 bits per heavy atom. The van der Waals surface area contributed by atoms with Gasteiger partial charge in [-0.05, 0) is 97.1 Å². The number of benzene rings is 9. The van der Waals surface area contributed by atoms with Crippen LogP contribution >= 0.6 is 45.3 Å². The molecule has 0 saturated heterocycles. The minimum absolute atomic E-state index is 0.885. The van der Waals surface area contributed by atoms with Crippen molar-refractivity contribution in [3.05, 3.63) is 194 Å². The zero-order valence-electron chi connectivity index (χ0n) is 33.4. The van der Waals surface area contributed by atoms with Crippen LogP contribution in [0.15, 0.2) is 199 Å². The van der Waals surface area contributed by atoms with Crippen LogP contribution in [0.4, 0.5) is 34.1 Å². The lowest BCUT2D eigenvalue weighted by Gasteiger charge is -2.27. The predicted octanol–water partition coefficient (Wildman–Crippen LogP) is 18.8. The minimum Gasteiger partial charge on any atom is -0.456 e. The van der Waals surface area contributed by atoms with Gasteiger partial charge in [0.05, 0.1) is 9.70 Å². The molecule has 9 aromatic carbocycles. The second-order valence-electron chi connectivity index (χ2n) is 16.0. The Morgan fingerprint density at radius 2 is 0.825 bits per heavy atom. The van der Waals surface area contributed by atoms with Crippen LogP contribution in [0.2, 0.25) is 0 Å². The molecular formula is C56H32N2OS4. The van der Waals surface area contributed by atoms with Crippen molar-refractivity contribution < 1.29 is 4.42 Å². The van der Waals surface area contributed by atoms with E-state index in [-0.39, 0.29) is 0 Å². The van der Waals surface area contributed by atoms with Crippen molar-refractivity contribution in [1.29, 1.82) is 0 Å². The number of nitrogens with zero attached hydrogens (tertiary/aromatic N) is 2. The highest BCUT2D eigenvalue weighted by molar-refractivity contribution is 7.44. The Labute approximate surface area is 377 Å². The number of fused-ring (bicyclic) bond motifs is 14. The first-order valence-corrected chi connectivity index (χ1v) is 24.2. The molecular weight excluding hydrogens is 845 g/mol. The highest BCUT2D eigenvalue weighted by Crippen LogP contribution is 2.51. The molecule has 0 radical (unpaired) electrons. The average molecular weight is 877 g/mol. The van der Waals surface area contributed by atoms with E-state index in [1.165, 1.54) is 75.6 Å². The second-order valence-corrected chi connectivity index (χ2v) is 20.6. The van der Waals surface area contributed by atoms with Crippen LogP contribution in [-0.2, 0) is 0 Å². The third-order valence-corrected chi connectivity index (χ3v) is 17.2. The van der Waals surface area contributed by atoms with Gasteiger partial charge in [0.2, 0.25) is 0 Å². The van der Waals surface area contributed by atoms with Gasteiger partial charge in [-0.3, -0.25) is 0 Å². The van der Waals surface area contributed by atoms with Gasteiger partial charge in [-0.1, -0.05) is 91.0 Å². The van der Waals surface area contributed by atoms with E-state index >= 15 is 0 Å². The fourth-order valence-electron chi connectivity index (χ4n) is 9.67. The number of thiophene rings is 4. The van der Waals surface area contributed by atoms with Crippen LogP contribution in [0.25, 0.3) is 91.9 Å². The monoisotopic (exact) mass is 876 g/mol. The molecule has 0 N–H and O–H groups in total. The molecule has 0 aliphatic rings. The SMILES string of the molecule is c1ccc(N(c2ccc3c(c2)oc2ccccc23)c2ccc3c(c2)sc2sc4ccc(N(c5ccc6c(c5)sc5ccccc56)c5cccc6sc7ccccc7c56)cc4c23)cc1. The van der Waals surface area contributed by atoms with Crippen molar-refractivity contribution in [1.82, 2.24) is 0 Å². The Bertz CT molecular complexity index is 4130. The summed E-state index contributed by atoms with van der Waals surface area (Å²) in [5, 5.41) is 11.4. The van der Waals surface area contributed by atoms with Crippen LogP contribution in [0.5, 0.6) is 0 Å². The predicted molar refractivity (Wildman–Crippen MR) is 277 cm³/mol. The summed E-state index contributed by atoms with van der Waals surface area (Å²) in [6, 6.07) is 71.0. The van der Waals surface area contributed by atoms with Gasteiger partial charge < -0.3 is 14.2 Å². The third kappa shape index (κ3) is 5.47. The third-order valence-electron chi connectivity index (χ3n) is 12.5. The van der Waals surface area contributed by atoms with Crippen molar-refractivity contribution in [3.8, 4) is 0 Å². The fraction of sp³-hybridized carbons (Fsp3) is 0. The van der Waals surface area contributed by atoms with Gasteiger partial charge in [0, 0.05) is 111 Å². The lowest BCUT2D eigenvalue weighted by molar-refractivity contribution is 0.669. The first-order chi connectivity index (χ1) is 31.2. The molecule has 5 aromatic heterocycles. The quantitative estimate of drug-likeness (QED) is 0.166. The fourth-order valence-corrected chi connectivity index (χ4v) is 14.6. The van der Waals surface area contributed by atoms with Gasteiger partial charge in [0.25, 0.3) is 0 Å². The van der Waals surface area contributed by atoms with Crippen LogP contribution < -0.4 is 9.80 Å². The van der Waals surface area contributed by atoms with Crippen LogP contribution in [0.1, 0.15) is 0 Å². The highest BCUT2D eigenvalue weighted by atomic mass is 32.2. The number of para-hydroxylation sites is 2. The van der Waals surface area contributed by atoms with Crippen molar-refractivity contribution in [2.75, 3.05) is 9.80 Å². The first kappa shape index (κ1) is 35.6. The molecule has 0 fully saturated rings. The summed E-state index contributed by atoms with van der Waals surface area (Å²) in [6.45, 7) is 0.